The van der Waals surface area contributed by atoms with Gasteiger partial charge in [-0.1, -0.05) is 24.9 Å². The lowest BCUT2D eigenvalue weighted by Crippen LogP contribution is -1.92. The minimum Gasteiger partial charge on any atom is -0.197 e. The van der Waals surface area contributed by atoms with E-state index in [-0.39, 0.29) is 6.54 Å². The molecular formula is C8H14N6. The van der Waals surface area contributed by atoms with Gasteiger partial charge in [0.15, 0.2) is 0 Å². The van der Waals surface area contributed by atoms with E-state index >= 15 is 0 Å². The van der Waals surface area contributed by atoms with Crippen molar-refractivity contribution < 1.29 is 0 Å². The monoisotopic (exact) mass is 194 g/mol. The highest BCUT2D eigenvalue weighted by molar-refractivity contribution is 5.08. The fraction of sp³-hybridized carbons (Fsp3) is 0.750. The second kappa shape index (κ2) is 5.99. The average molecular weight is 194 g/mol. The summed E-state index contributed by atoms with van der Waals surface area (Å²) in [6, 6.07) is 0. The highest BCUT2D eigenvalue weighted by Crippen LogP contribution is 2.08. The number of hydrogen-bond donors (Lipinski definition) is 1. The lowest BCUT2D eigenvalue weighted by atomic mass is 10.1. The van der Waals surface area contributed by atoms with Crippen molar-refractivity contribution in [3.63, 3.8) is 0 Å². The van der Waals surface area contributed by atoms with Gasteiger partial charge in [-0.05, 0) is 18.4 Å². The maximum Gasteiger partial charge on any atom is 0.0914 e. The summed E-state index contributed by atoms with van der Waals surface area (Å²) in [5.41, 5.74) is 9.85. The van der Waals surface area contributed by atoms with Gasteiger partial charge in [-0.2, -0.15) is 15.4 Å². The standard InChI is InChI=1S/C8H14N6/c1-2-3-4-5-7-8(6-10-13-9)12-14-11-7/h2-6H2,1H3,(H,11,12,14). The number of aromatic nitrogens is 3. The Hall–Kier alpha value is -1.55. The van der Waals surface area contributed by atoms with Gasteiger partial charge < -0.3 is 0 Å². The van der Waals surface area contributed by atoms with Gasteiger partial charge in [-0.25, -0.2) is 0 Å². The zero-order valence-corrected chi connectivity index (χ0v) is 8.27. The van der Waals surface area contributed by atoms with Crippen molar-refractivity contribution >= 4 is 0 Å². The number of nitrogens with one attached hydrogen (secondary N) is 1. The van der Waals surface area contributed by atoms with E-state index < -0.39 is 0 Å². The van der Waals surface area contributed by atoms with Crippen LogP contribution in [0.5, 0.6) is 0 Å². The second-order valence-corrected chi connectivity index (χ2v) is 3.06. The molecule has 1 aromatic rings. The third-order valence-corrected chi connectivity index (χ3v) is 2.00. The molecule has 0 fully saturated rings. The fourth-order valence-corrected chi connectivity index (χ4v) is 1.24. The highest BCUT2D eigenvalue weighted by Gasteiger charge is 2.05. The van der Waals surface area contributed by atoms with Crippen molar-refractivity contribution in [2.24, 2.45) is 5.11 Å². The summed E-state index contributed by atoms with van der Waals surface area (Å²) in [4.78, 5) is 2.69. The van der Waals surface area contributed by atoms with E-state index in [0.29, 0.717) is 0 Å². The summed E-state index contributed by atoms with van der Waals surface area (Å²) in [5.74, 6) is 0. The van der Waals surface area contributed by atoms with E-state index in [0.717, 1.165) is 24.2 Å². The minimum absolute atomic E-state index is 0.286. The van der Waals surface area contributed by atoms with Crippen LogP contribution >= 0.6 is 0 Å². The van der Waals surface area contributed by atoms with Crippen molar-refractivity contribution in [1.29, 1.82) is 0 Å². The first kappa shape index (κ1) is 10.5. The Bertz CT molecular complexity index is 311. The average Bonchev–Trinajstić information content (AvgIpc) is 2.63. The SMILES string of the molecule is CCCCCc1n[nH]nc1CN=[N+]=[N-]. The molecule has 0 aliphatic rings. The number of aromatic amines is 1. The van der Waals surface area contributed by atoms with Gasteiger partial charge in [0.2, 0.25) is 0 Å². The quantitative estimate of drug-likeness (QED) is 0.326. The molecule has 1 N–H and O–H groups in total. The van der Waals surface area contributed by atoms with Gasteiger partial charge in [0.05, 0.1) is 17.9 Å². The van der Waals surface area contributed by atoms with Crippen LogP contribution < -0.4 is 0 Å². The lowest BCUT2D eigenvalue weighted by Gasteiger charge is -1.96. The molecule has 1 heterocycles. The highest BCUT2D eigenvalue weighted by atomic mass is 15.3. The molecule has 0 amide bonds. The van der Waals surface area contributed by atoms with Crippen molar-refractivity contribution in [2.45, 2.75) is 39.2 Å². The van der Waals surface area contributed by atoms with Crippen LogP contribution in [0.25, 0.3) is 10.4 Å². The van der Waals surface area contributed by atoms with Crippen LogP contribution in [0.3, 0.4) is 0 Å². The molecule has 6 heteroatoms. The number of aryl methyl sites for hydroxylation is 1. The molecule has 0 bridgehead atoms. The number of hydrogen-bond acceptors (Lipinski definition) is 3. The Kier molecular flexibility index (Phi) is 4.50. The van der Waals surface area contributed by atoms with Crippen LogP contribution in [0.15, 0.2) is 5.11 Å². The molecule has 0 saturated carbocycles. The van der Waals surface area contributed by atoms with Crippen LogP contribution in [0.1, 0.15) is 37.6 Å². The van der Waals surface area contributed by atoms with E-state index in [1.165, 1.54) is 12.8 Å². The molecule has 0 saturated heterocycles. The van der Waals surface area contributed by atoms with Crippen molar-refractivity contribution in [3.05, 3.63) is 21.8 Å². The molecule has 0 unspecified atom stereocenters. The Labute approximate surface area is 82.3 Å². The van der Waals surface area contributed by atoms with Gasteiger partial charge >= 0.3 is 0 Å². The summed E-state index contributed by atoms with van der Waals surface area (Å²) in [6.45, 7) is 2.44. The van der Waals surface area contributed by atoms with Gasteiger partial charge in [-0.15, -0.1) is 0 Å². The summed E-state index contributed by atoms with van der Waals surface area (Å²) in [6.07, 6.45) is 4.38. The maximum atomic E-state index is 8.17. The third kappa shape index (κ3) is 3.06. The van der Waals surface area contributed by atoms with Crippen molar-refractivity contribution in [2.75, 3.05) is 0 Å². The molecule has 76 valence electrons. The van der Waals surface area contributed by atoms with E-state index in [9.17, 15) is 0 Å². The normalized spacial score (nSPS) is 9.79. The predicted molar refractivity (Wildman–Crippen MR) is 52.5 cm³/mol. The Morgan fingerprint density at radius 2 is 2.14 bits per heavy atom. The number of azide groups is 1. The van der Waals surface area contributed by atoms with Crippen LogP contribution in [-0.4, -0.2) is 15.4 Å². The molecule has 0 aromatic carbocycles. The molecule has 1 rings (SSSR count). The molecule has 0 atom stereocenters. The van der Waals surface area contributed by atoms with Gasteiger partial charge in [0.1, 0.15) is 0 Å². The van der Waals surface area contributed by atoms with Crippen molar-refractivity contribution in [1.82, 2.24) is 15.4 Å². The van der Waals surface area contributed by atoms with Crippen LogP contribution in [0, 0.1) is 0 Å². The number of nitrogens with zero attached hydrogens (tertiary/aromatic N) is 5. The van der Waals surface area contributed by atoms with Crippen LogP contribution in [0.4, 0.5) is 0 Å². The molecule has 0 radical (unpaired) electrons. The first-order chi connectivity index (χ1) is 6.88. The van der Waals surface area contributed by atoms with Gasteiger partial charge in [0.25, 0.3) is 0 Å². The minimum atomic E-state index is 0.286. The van der Waals surface area contributed by atoms with Crippen LogP contribution in [-0.2, 0) is 13.0 Å². The number of rotatable bonds is 6. The molecular weight excluding hydrogens is 180 g/mol. The fourth-order valence-electron chi connectivity index (χ4n) is 1.24. The Morgan fingerprint density at radius 3 is 2.86 bits per heavy atom. The van der Waals surface area contributed by atoms with E-state index in [1.54, 1.807) is 0 Å². The molecule has 14 heavy (non-hydrogen) atoms. The summed E-state index contributed by atoms with van der Waals surface area (Å²) in [5, 5.41) is 14.0. The van der Waals surface area contributed by atoms with Gasteiger partial charge in [-0.3, -0.25) is 0 Å². The zero-order valence-electron chi connectivity index (χ0n) is 8.27. The summed E-state index contributed by atoms with van der Waals surface area (Å²) >= 11 is 0. The largest absolute Gasteiger partial charge is 0.197 e. The van der Waals surface area contributed by atoms with Gasteiger partial charge in [0, 0.05) is 4.91 Å². The first-order valence-electron chi connectivity index (χ1n) is 4.77. The predicted octanol–water partition coefficient (Wildman–Crippen LogP) is 2.35. The third-order valence-electron chi connectivity index (χ3n) is 2.00. The summed E-state index contributed by atoms with van der Waals surface area (Å²) in [7, 11) is 0. The zero-order chi connectivity index (χ0) is 10.2. The first-order valence-corrected chi connectivity index (χ1v) is 4.77. The molecule has 0 aliphatic carbocycles. The number of unbranched alkanes of at least 4 members (excludes halogenated alkanes) is 2. The maximum absolute atomic E-state index is 8.17. The topological polar surface area (TPSA) is 90.3 Å². The van der Waals surface area contributed by atoms with Crippen molar-refractivity contribution in [3.8, 4) is 0 Å². The number of H-pyrrole nitrogens is 1. The second-order valence-electron chi connectivity index (χ2n) is 3.06. The lowest BCUT2D eigenvalue weighted by molar-refractivity contribution is 0.701. The molecule has 6 nitrogen and oxygen atoms in total. The van der Waals surface area contributed by atoms with E-state index in [2.05, 4.69) is 32.4 Å². The molecule has 0 aliphatic heterocycles. The van der Waals surface area contributed by atoms with E-state index in [4.69, 9.17) is 5.53 Å². The van der Waals surface area contributed by atoms with E-state index in [1.807, 2.05) is 0 Å². The smallest absolute Gasteiger partial charge is 0.0914 e. The van der Waals surface area contributed by atoms with Crippen LogP contribution in [0.2, 0.25) is 0 Å². The summed E-state index contributed by atoms with van der Waals surface area (Å²) < 4.78 is 0. The molecule has 1 aromatic heterocycles. The molecule has 0 spiro atoms. The Morgan fingerprint density at radius 1 is 1.36 bits per heavy atom. The Balaban J connectivity index is 2.49.